The molecule has 3 aromatic rings. The molecule has 11 heteroatoms. The molecule has 2 aromatic carbocycles. The van der Waals surface area contributed by atoms with Crippen LogP contribution in [0.5, 0.6) is 6.01 Å². The lowest BCUT2D eigenvalue weighted by molar-refractivity contribution is -0.154. The first kappa shape index (κ1) is 22.1. The maximum Gasteiger partial charge on any atom is 0.422 e. The lowest BCUT2D eigenvalue weighted by Crippen LogP contribution is -2.21. The zero-order valence-corrected chi connectivity index (χ0v) is 16.7. The fourth-order valence-electron chi connectivity index (χ4n) is 2.48. The van der Waals surface area contributed by atoms with Crippen LogP contribution in [-0.4, -0.2) is 41.8 Å². The largest absolute Gasteiger partial charge is 0.454 e. The van der Waals surface area contributed by atoms with E-state index < -0.39 is 18.8 Å². The minimum Gasteiger partial charge on any atom is -0.454 e. The van der Waals surface area contributed by atoms with Crippen LogP contribution in [0.15, 0.2) is 48.5 Å². The van der Waals surface area contributed by atoms with E-state index in [9.17, 15) is 17.6 Å². The third kappa shape index (κ3) is 6.98. The molecule has 0 saturated heterocycles. The van der Waals surface area contributed by atoms with Gasteiger partial charge in [-0.1, -0.05) is 18.2 Å². The van der Waals surface area contributed by atoms with Crippen LogP contribution in [0.4, 0.5) is 40.8 Å². The Morgan fingerprint density at radius 3 is 2.35 bits per heavy atom. The molecule has 3 rings (SSSR count). The summed E-state index contributed by atoms with van der Waals surface area (Å²) in [5.74, 6) is -0.370. The molecule has 0 saturated carbocycles. The van der Waals surface area contributed by atoms with Crippen molar-refractivity contribution in [1.82, 2.24) is 15.0 Å². The third-order valence-electron chi connectivity index (χ3n) is 3.96. The van der Waals surface area contributed by atoms with Gasteiger partial charge in [0.15, 0.2) is 6.61 Å². The van der Waals surface area contributed by atoms with Crippen LogP contribution >= 0.6 is 0 Å². The molecule has 0 atom stereocenters. The maximum absolute atomic E-state index is 13.0. The van der Waals surface area contributed by atoms with Crippen LogP contribution in [0, 0.1) is 5.82 Å². The Morgan fingerprint density at radius 2 is 1.68 bits per heavy atom. The fourth-order valence-corrected chi connectivity index (χ4v) is 2.48. The van der Waals surface area contributed by atoms with Gasteiger partial charge in [-0.05, 0) is 35.9 Å². The molecule has 1 heterocycles. The number of halogens is 4. The van der Waals surface area contributed by atoms with Crippen LogP contribution in [0.25, 0.3) is 0 Å². The number of ether oxygens (including phenoxy) is 1. The molecule has 0 radical (unpaired) electrons. The minimum atomic E-state index is -4.54. The number of rotatable bonds is 8. The Labute approximate surface area is 176 Å². The number of nitrogens with one attached hydrogen (secondary N) is 2. The molecule has 7 nitrogen and oxygen atoms in total. The molecule has 0 unspecified atom stereocenters. The summed E-state index contributed by atoms with van der Waals surface area (Å²) >= 11 is 0. The van der Waals surface area contributed by atoms with Crippen molar-refractivity contribution in [3.05, 3.63) is 59.9 Å². The van der Waals surface area contributed by atoms with Gasteiger partial charge in [-0.25, -0.2) is 4.39 Å². The van der Waals surface area contributed by atoms with Gasteiger partial charge in [0.05, 0.1) is 0 Å². The molecule has 0 spiro atoms. The van der Waals surface area contributed by atoms with Crippen molar-refractivity contribution in [1.29, 1.82) is 0 Å². The van der Waals surface area contributed by atoms with Crippen molar-refractivity contribution in [2.75, 3.05) is 36.2 Å². The Kier molecular flexibility index (Phi) is 6.73. The maximum atomic E-state index is 13.0. The highest BCUT2D eigenvalue weighted by atomic mass is 19.4. The van der Waals surface area contributed by atoms with E-state index in [0.717, 1.165) is 11.3 Å². The second kappa shape index (κ2) is 9.45. The lowest BCUT2D eigenvalue weighted by Gasteiger charge is -2.15. The van der Waals surface area contributed by atoms with Crippen LogP contribution < -0.4 is 20.3 Å². The third-order valence-corrected chi connectivity index (χ3v) is 3.96. The summed E-state index contributed by atoms with van der Waals surface area (Å²) in [6.07, 6.45) is -4.54. The van der Waals surface area contributed by atoms with E-state index in [1.54, 1.807) is 18.2 Å². The highest BCUT2D eigenvalue weighted by molar-refractivity contribution is 5.62. The SMILES string of the molecule is CN(C)c1cccc(Nc2nc(NCc3ccc(F)cc3)nc(OCC(F)(F)F)n2)c1. The monoisotopic (exact) mass is 436 g/mol. The predicted octanol–water partition coefficient (Wildman–Crippen LogP) is 4.37. The Bertz CT molecular complexity index is 1010. The van der Waals surface area contributed by atoms with Gasteiger partial charge in [0.1, 0.15) is 5.82 Å². The minimum absolute atomic E-state index is 0.00256. The van der Waals surface area contributed by atoms with Gasteiger partial charge in [0.2, 0.25) is 11.9 Å². The van der Waals surface area contributed by atoms with E-state index in [2.05, 4.69) is 25.6 Å². The molecular formula is C20H20F4N6O. The predicted molar refractivity (Wildman–Crippen MR) is 109 cm³/mol. The van der Waals surface area contributed by atoms with Gasteiger partial charge in [-0.15, -0.1) is 0 Å². The van der Waals surface area contributed by atoms with E-state index in [0.29, 0.717) is 5.69 Å². The summed E-state index contributed by atoms with van der Waals surface area (Å²) in [6.45, 7) is -1.32. The highest BCUT2D eigenvalue weighted by Gasteiger charge is 2.29. The van der Waals surface area contributed by atoms with Crippen molar-refractivity contribution in [2.24, 2.45) is 0 Å². The van der Waals surface area contributed by atoms with Gasteiger partial charge in [-0.2, -0.15) is 28.1 Å². The standard InChI is InChI=1S/C20H20F4N6O/c1-30(2)16-5-3-4-15(10-16)26-18-27-17(25-11-13-6-8-14(21)9-7-13)28-19(29-18)31-12-20(22,23)24/h3-10H,11-12H2,1-2H3,(H2,25,26,27,28,29). The number of aromatic nitrogens is 3. The Morgan fingerprint density at radius 1 is 0.968 bits per heavy atom. The zero-order chi connectivity index (χ0) is 22.4. The van der Waals surface area contributed by atoms with Crippen LogP contribution in [0.3, 0.4) is 0 Å². The summed E-state index contributed by atoms with van der Waals surface area (Å²) in [5.41, 5.74) is 2.26. The molecular weight excluding hydrogens is 416 g/mol. The molecule has 0 aliphatic rings. The van der Waals surface area contributed by atoms with E-state index in [-0.39, 0.29) is 24.3 Å². The molecule has 0 aliphatic carbocycles. The van der Waals surface area contributed by atoms with Gasteiger partial charge in [0, 0.05) is 32.0 Å². The van der Waals surface area contributed by atoms with E-state index in [1.807, 2.05) is 37.2 Å². The fraction of sp³-hybridized carbons (Fsp3) is 0.250. The molecule has 2 N–H and O–H groups in total. The summed E-state index contributed by atoms with van der Waals surface area (Å²) in [7, 11) is 3.76. The summed E-state index contributed by atoms with van der Waals surface area (Å²) in [4.78, 5) is 13.9. The molecule has 0 amide bonds. The Balaban J connectivity index is 1.81. The van der Waals surface area contributed by atoms with Crippen LogP contribution in [0.1, 0.15) is 5.56 Å². The summed E-state index contributed by atoms with van der Waals surface area (Å²) < 4.78 is 55.4. The second-order valence-electron chi connectivity index (χ2n) is 6.72. The van der Waals surface area contributed by atoms with Crippen molar-refractivity contribution < 1.29 is 22.3 Å². The Hall–Kier alpha value is -3.63. The second-order valence-corrected chi connectivity index (χ2v) is 6.72. The number of anilines is 4. The topological polar surface area (TPSA) is 75.2 Å². The van der Waals surface area contributed by atoms with E-state index >= 15 is 0 Å². The average molecular weight is 436 g/mol. The highest BCUT2D eigenvalue weighted by Crippen LogP contribution is 2.22. The van der Waals surface area contributed by atoms with Gasteiger partial charge in [-0.3, -0.25) is 0 Å². The molecule has 31 heavy (non-hydrogen) atoms. The van der Waals surface area contributed by atoms with Gasteiger partial charge < -0.3 is 20.3 Å². The average Bonchev–Trinajstić information content (AvgIpc) is 2.71. The van der Waals surface area contributed by atoms with Crippen LogP contribution in [-0.2, 0) is 6.54 Å². The van der Waals surface area contributed by atoms with Gasteiger partial charge in [0.25, 0.3) is 0 Å². The quantitative estimate of drug-likeness (QED) is 0.508. The first-order valence-electron chi connectivity index (χ1n) is 9.16. The molecule has 0 fully saturated rings. The number of alkyl halides is 3. The van der Waals surface area contributed by atoms with Gasteiger partial charge >= 0.3 is 12.2 Å². The lowest BCUT2D eigenvalue weighted by atomic mass is 10.2. The zero-order valence-electron chi connectivity index (χ0n) is 16.7. The number of hydrogen-bond donors (Lipinski definition) is 2. The number of hydrogen-bond acceptors (Lipinski definition) is 7. The van der Waals surface area contributed by atoms with Crippen molar-refractivity contribution in [3.63, 3.8) is 0 Å². The summed E-state index contributed by atoms with van der Waals surface area (Å²) in [6, 6.07) is 12.5. The molecule has 1 aromatic heterocycles. The normalized spacial score (nSPS) is 11.2. The van der Waals surface area contributed by atoms with Crippen molar-refractivity contribution in [2.45, 2.75) is 12.7 Å². The molecule has 0 aliphatic heterocycles. The van der Waals surface area contributed by atoms with Crippen LogP contribution in [0.2, 0.25) is 0 Å². The van der Waals surface area contributed by atoms with Crippen molar-refractivity contribution >= 4 is 23.3 Å². The molecule has 0 bridgehead atoms. The van der Waals surface area contributed by atoms with E-state index in [1.165, 1.54) is 12.1 Å². The smallest absolute Gasteiger partial charge is 0.422 e. The number of nitrogens with zero attached hydrogens (tertiary/aromatic N) is 4. The first-order valence-corrected chi connectivity index (χ1v) is 9.16. The number of benzene rings is 2. The van der Waals surface area contributed by atoms with Crippen molar-refractivity contribution in [3.8, 4) is 6.01 Å². The molecule has 164 valence electrons. The summed E-state index contributed by atoms with van der Waals surface area (Å²) in [5, 5.41) is 5.82. The first-order chi connectivity index (χ1) is 14.7. The van der Waals surface area contributed by atoms with E-state index in [4.69, 9.17) is 4.74 Å².